The van der Waals surface area contributed by atoms with Gasteiger partial charge >= 0.3 is 0 Å². The molecule has 106 valence electrons. The molecule has 0 atom stereocenters. The second kappa shape index (κ2) is 5.64. The number of phenolic OH excluding ortho intramolecular Hbond substituents is 1. The Morgan fingerprint density at radius 1 is 1.30 bits per heavy atom. The van der Waals surface area contributed by atoms with E-state index in [-0.39, 0.29) is 17.5 Å². The molecule has 1 heterocycles. The van der Waals surface area contributed by atoms with Crippen LogP contribution in [0.15, 0.2) is 30.6 Å². The number of phenols is 1. The molecular formula is C12H12ClN3O3S. The first-order chi connectivity index (χ1) is 9.41. The Hall–Kier alpha value is -1.86. The van der Waals surface area contributed by atoms with Gasteiger partial charge < -0.3 is 5.11 Å². The highest BCUT2D eigenvalue weighted by atomic mass is 35.5. The van der Waals surface area contributed by atoms with E-state index in [1.54, 1.807) is 12.1 Å². The summed E-state index contributed by atoms with van der Waals surface area (Å²) in [6.07, 6.45) is 2.82. The number of hydrogen-bond acceptors (Lipinski definition) is 5. The lowest BCUT2D eigenvalue weighted by Crippen LogP contribution is -2.16. The van der Waals surface area contributed by atoms with E-state index in [4.69, 9.17) is 11.6 Å². The van der Waals surface area contributed by atoms with Crippen LogP contribution in [-0.4, -0.2) is 29.2 Å². The second-order valence-corrected chi connectivity index (χ2v) is 6.41. The van der Waals surface area contributed by atoms with Gasteiger partial charge in [-0.2, -0.15) is 0 Å². The zero-order valence-corrected chi connectivity index (χ0v) is 12.1. The third-order valence-corrected chi connectivity index (χ3v) is 4.04. The van der Waals surface area contributed by atoms with Crippen LogP contribution in [0.4, 0.5) is 5.95 Å². The monoisotopic (exact) mass is 313 g/mol. The molecule has 0 saturated heterocycles. The van der Waals surface area contributed by atoms with E-state index < -0.39 is 10.0 Å². The lowest BCUT2D eigenvalue weighted by molar-refractivity contribution is 0.477. The van der Waals surface area contributed by atoms with Crippen LogP contribution in [0.5, 0.6) is 5.75 Å². The van der Waals surface area contributed by atoms with Crippen molar-refractivity contribution in [2.45, 2.75) is 6.92 Å². The van der Waals surface area contributed by atoms with Gasteiger partial charge in [0.2, 0.25) is 16.0 Å². The fourth-order valence-corrected chi connectivity index (χ4v) is 2.17. The summed E-state index contributed by atoms with van der Waals surface area (Å²) in [5.74, 6) is -0.0373. The largest absolute Gasteiger partial charge is 0.507 e. The van der Waals surface area contributed by atoms with Gasteiger partial charge in [-0.3, -0.25) is 4.72 Å². The van der Waals surface area contributed by atoms with Crippen molar-refractivity contribution < 1.29 is 13.5 Å². The molecule has 0 aliphatic carbocycles. The fraction of sp³-hybridized carbons (Fsp3) is 0.167. The maximum absolute atomic E-state index is 11.4. The fourth-order valence-electron chi connectivity index (χ4n) is 1.47. The van der Waals surface area contributed by atoms with Crippen LogP contribution in [0.1, 0.15) is 6.92 Å². The third-order valence-electron chi connectivity index (χ3n) is 2.55. The van der Waals surface area contributed by atoms with Crippen molar-refractivity contribution in [1.82, 2.24) is 9.97 Å². The number of nitrogens with one attached hydrogen (secondary N) is 1. The van der Waals surface area contributed by atoms with Crippen molar-refractivity contribution in [3.05, 3.63) is 35.6 Å². The minimum atomic E-state index is -3.41. The number of rotatable bonds is 4. The van der Waals surface area contributed by atoms with Gasteiger partial charge in [-0.1, -0.05) is 11.6 Å². The number of anilines is 1. The summed E-state index contributed by atoms with van der Waals surface area (Å²) in [5.41, 5.74) is 1.01. The van der Waals surface area contributed by atoms with Crippen LogP contribution in [0.3, 0.4) is 0 Å². The Morgan fingerprint density at radius 2 is 1.95 bits per heavy atom. The number of benzene rings is 1. The van der Waals surface area contributed by atoms with Crippen molar-refractivity contribution in [1.29, 1.82) is 0 Å². The third kappa shape index (κ3) is 3.37. The highest BCUT2D eigenvalue weighted by Crippen LogP contribution is 2.30. The number of halogens is 1. The van der Waals surface area contributed by atoms with Crippen molar-refractivity contribution in [3.63, 3.8) is 0 Å². The second-order valence-electron chi connectivity index (χ2n) is 3.96. The topological polar surface area (TPSA) is 92.2 Å². The smallest absolute Gasteiger partial charge is 0.236 e. The van der Waals surface area contributed by atoms with Crippen LogP contribution in [-0.2, 0) is 10.0 Å². The Balaban J connectivity index is 2.31. The molecule has 0 fully saturated rings. The Labute approximate surface area is 121 Å². The van der Waals surface area contributed by atoms with Crippen molar-refractivity contribution in [2.75, 3.05) is 10.5 Å². The van der Waals surface area contributed by atoms with Gasteiger partial charge in [0.25, 0.3) is 0 Å². The molecule has 0 aliphatic rings. The Morgan fingerprint density at radius 3 is 2.55 bits per heavy atom. The average molecular weight is 314 g/mol. The molecule has 20 heavy (non-hydrogen) atoms. The lowest BCUT2D eigenvalue weighted by atomic mass is 10.1. The SMILES string of the molecule is CCS(=O)(=O)Nc1ncc(-c2cc(Cl)ccc2O)cn1. The van der Waals surface area contributed by atoms with Gasteiger partial charge in [-0.15, -0.1) is 0 Å². The van der Waals surface area contributed by atoms with Crippen LogP contribution in [0, 0.1) is 0 Å². The molecule has 0 aliphatic heterocycles. The molecule has 0 radical (unpaired) electrons. The molecule has 2 N–H and O–H groups in total. The van der Waals surface area contributed by atoms with Crippen LogP contribution in [0.25, 0.3) is 11.1 Å². The summed E-state index contributed by atoms with van der Waals surface area (Å²) in [5, 5.41) is 10.2. The zero-order valence-electron chi connectivity index (χ0n) is 10.5. The molecule has 1 aromatic heterocycles. The van der Waals surface area contributed by atoms with Crippen LogP contribution in [0.2, 0.25) is 5.02 Å². The summed E-state index contributed by atoms with van der Waals surface area (Å²) < 4.78 is 25.0. The first-order valence-corrected chi connectivity index (χ1v) is 7.76. The quantitative estimate of drug-likeness (QED) is 0.903. The normalized spacial score (nSPS) is 11.3. The number of aromatic hydroxyl groups is 1. The number of aromatic nitrogens is 2. The van der Waals surface area contributed by atoms with E-state index in [1.807, 2.05) is 0 Å². The van der Waals surface area contributed by atoms with Gasteiger partial charge in [0.15, 0.2) is 0 Å². The summed E-state index contributed by atoms with van der Waals surface area (Å²) in [4.78, 5) is 7.81. The first-order valence-electron chi connectivity index (χ1n) is 5.72. The summed E-state index contributed by atoms with van der Waals surface area (Å²) in [7, 11) is -3.41. The number of nitrogens with zero attached hydrogens (tertiary/aromatic N) is 2. The molecule has 1 aromatic carbocycles. The molecule has 0 unspecified atom stereocenters. The van der Waals surface area contributed by atoms with Crippen molar-refractivity contribution in [2.24, 2.45) is 0 Å². The molecule has 2 aromatic rings. The lowest BCUT2D eigenvalue weighted by Gasteiger charge is -2.07. The van der Waals surface area contributed by atoms with Gasteiger partial charge in [-0.25, -0.2) is 18.4 Å². The van der Waals surface area contributed by atoms with E-state index in [9.17, 15) is 13.5 Å². The molecular weight excluding hydrogens is 302 g/mol. The maximum Gasteiger partial charge on any atom is 0.236 e. The first kappa shape index (κ1) is 14.5. The average Bonchev–Trinajstić information content (AvgIpc) is 2.42. The predicted octanol–water partition coefficient (Wildman–Crippen LogP) is 2.26. The molecule has 0 amide bonds. The zero-order chi connectivity index (χ0) is 14.8. The molecule has 8 heteroatoms. The Bertz CT molecular complexity index is 717. The van der Waals surface area contributed by atoms with Gasteiger partial charge in [0.1, 0.15) is 5.75 Å². The summed E-state index contributed by atoms with van der Waals surface area (Å²) in [6, 6.07) is 4.60. The van der Waals surface area contributed by atoms with E-state index in [0.29, 0.717) is 16.1 Å². The van der Waals surface area contributed by atoms with Gasteiger partial charge in [-0.05, 0) is 25.1 Å². The predicted molar refractivity (Wildman–Crippen MR) is 77.2 cm³/mol. The highest BCUT2D eigenvalue weighted by Gasteiger charge is 2.10. The molecule has 6 nitrogen and oxygen atoms in total. The van der Waals surface area contributed by atoms with E-state index in [1.165, 1.54) is 25.4 Å². The molecule has 0 bridgehead atoms. The molecule has 0 saturated carbocycles. The van der Waals surface area contributed by atoms with Crippen LogP contribution >= 0.6 is 11.6 Å². The highest BCUT2D eigenvalue weighted by molar-refractivity contribution is 7.92. The molecule has 0 spiro atoms. The Kier molecular flexibility index (Phi) is 4.10. The van der Waals surface area contributed by atoms with Gasteiger partial charge in [0, 0.05) is 28.5 Å². The summed E-state index contributed by atoms with van der Waals surface area (Å²) in [6.45, 7) is 1.51. The number of hydrogen-bond donors (Lipinski definition) is 2. The van der Waals surface area contributed by atoms with E-state index in [2.05, 4.69) is 14.7 Å². The number of sulfonamides is 1. The van der Waals surface area contributed by atoms with Gasteiger partial charge in [0.05, 0.1) is 5.75 Å². The molecule has 2 rings (SSSR count). The van der Waals surface area contributed by atoms with E-state index in [0.717, 1.165) is 0 Å². The van der Waals surface area contributed by atoms with Crippen molar-refractivity contribution >= 4 is 27.6 Å². The van der Waals surface area contributed by atoms with E-state index >= 15 is 0 Å². The summed E-state index contributed by atoms with van der Waals surface area (Å²) >= 11 is 5.86. The minimum absolute atomic E-state index is 0.0166. The maximum atomic E-state index is 11.4. The van der Waals surface area contributed by atoms with Crippen LogP contribution < -0.4 is 4.72 Å². The van der Waals surface area contributed by atoms with Crippen molar-refractivity contribution in [3.8, 4) is 16.9 Å². The minimum Gasteiger partial charge on any atom is -0.507 e. The standard InChI is InChI=1S/C12H12ClN3O3S/c1-2-20(18,19)16-12-14-6-8(7-15-12)10-5-9(13)3-4-11(10)17/h3-7,17H,2H2,1H3,(H,14,15,16).